The van der Waals surface area contributed by atoms with Crippen LogP contribution in [0.2, 0.25) is 0 Å². The summed E-state index contributed by atoms with van der Waals surface area (Å²) in [5.41, 5.74) is 5.25. The van der Waals surface area contributed by atoms with Crippen molar-refractivity contribution in [3.05, 3.63) is 41.7 Å². The highest BCUT2D eigenvalue weighted by molar-refractivity contribution is 5.58. The first kappa shape index (κ1) is 13.0. The van der Waals surface area contributed by atoms with Crippen molar-refractivity contribution >= 4 is 11.4 Å². The molecule has 1 aromatic heterocycles. The molecule has 4 nitrogen and oxygen atoms in total. The van der Waals surface area contributed by atoms with Crippen LogP contribution < -0.4 is 10.2 Å². The average molecular weight is 270 g/mol. The van der Waals surface area contributed by atoms with Crippen LogP contribution in [-0.2, 0) is 13.0 Å². The van der Waals surface area contributed by atoms with Crippen molar-refractivity contribution in [1.29, 1.82) is 0 Å². The van der Waals surface area contributed by atoms with Crippen LogP contribution >= 0.6 is 0 Å². The van der Waals surface area contributed by atoms with Gasteiger partial charge in [0.1, 0.15) is 0 Å². The summed E-state index contributed by atoms with van der Waals surface area (Å²) >= 11 is 0. The SMILES string of the molecule is CC(C)n1cc(NCc2ccc3c(c2)CCN3C)cn1. The Kier molecular flexibility index (Phi) is 3.38. The molecule has 0 saturated heterocycles. The van der Waals surface area contributed by atoms with Crippen LogP contribution in [-0.4, -0.2) is 23.4 Å². The Morgan fingerprint density at radius 2 is 2.20 bits per heavy atom. The highest BCUT2D eigenvalue weighted by atomic mass is 15.3. The molecule has 3 rings (SSSR count). The van der Waals surface area contributed by atoms with E-state index in [0.29, 0.717) is 6.04 Å². The van der Waals surface area contributed by atoms with Crippen LogP contribution in [0.25, 0.3) is 0 Å². The minimum atomic E-state index is 0.404. The largest absolute Gasteiger partial charge is 0.378 e. The fraction of sp³-hybridized carbons (Fsp3) is 0.438. The van der Waals surface area contributed by atoms with Gasteiger partial charge in [0, 0.05) is 38.1 Å². The van der Waals surface area contributed by atoms with E-state index in [0.717, 1.165) is 25.2 Å². The molecule has 4 heteroatoms. The lowest BCUT2D eigenvalue weighted by Crippen LogP contribution is -2.12. The van der Waals surface area contributed by atoms with Crippen LogP contribution in [0.3, 0.4) is 0 Å². The molecule has 1 aromatic carbocycles. The monoisotopic (exact) mass is 270 g/mol. The summed E-state index contributed by atoms with van der Waals surface area (Å²) in [6.45, 7) is 6.25. The summed E-state index contributed by atoms with van der Waals surface area (Å²) in [7, 11) is 2.16. The van der Waals surface area contributed by atoms with Gasteiger partial charge >= 0.3 is 0 Å². The number of aromatic nitrogens is 2. The minimum Gasteiger partial charge on any atom is -0.378 e. The first-order valence-corrected chi connectivity index (χ1v) is 7.24. The Labute approximate surface area is 120 Å². The molecule has 0 spiro atoms. The van der Waals surface area contributed by atoms with Crippen LogP contribution in [0.15, 0.2) is 30.6 Å². The molecule has 0 bridgehead atoms. The van der Waals surface area contributed by atoms with Gasteiger partial charge in [0.05, 0.1) is 11.9 Å². The topological polar surface area (TPSA) is 33.1 Å². The lowest BCUT2D eigenvalue weighted by Gasteiger charge is -2.12. The third-order valence-corrected chi connectivity index (χ3v) is 3.90. The number of fused-ring (bicyclic) bond motifs is 1. The van der Waals surface area contributed by atoms with Gasteiger partial charge in [-0.05, 0) is 37.5 Å². The average Bonchev–Trinajstić information content (AvgIpc) is 3.04. The third-order valence-electron chi connectivity index (χ3n) is 3.90. The predicted molar refractivity (Wildman–Crippen MR) is 83.4 cm³/mol. The number of anilines is 2. The number of likely N-dealkylation sites (N-methyl/N-ethyl adjacent to an activating group) is 1. The first-order chi connectivity index (χ1) is 9.63. The van der Waals surface area contributed by atoms with Gasteiger partial charge in [0.15, 0.2) is 0 Å². The van der Waals surface area contributed by atoms with E-state index < -0.39 is 0 Å². The van der Waals surface area contributed by atoms with Crippen LogP contribution in [0.4, 0.5) is 11.4 Å². The van der Waals surface area contributed by atoms with E-state index in [4.69, 9.17) is 0 Å². The normalized spacial score (nSPS) is 13.9. The minimum absolute atomic E-state index is 0.404. The molecule has 0 aliphatic carbocycles. The summed E-state index contributed by atoms with van der Waals surface area (Å²) in [4.78, 5) is 2.32. The van der Waals surface area contributed by atoms with E-state index >= 15 is 0 Å². The molecule has 106 valence electrons. The molecule has 2 aromatic rings. The van der Waals surface area contributed by atoms with Gasteiger partial charge in [-0.2, -0.15) is 5.10 Å². The van der Waals surface area contributed by atoms with Crippen molar-refractivity contribution in [1.82, 2.24) is 9.78 Å². The Morgan fingerprint density at radius 1 is 1.35 bits per heavy atom. The van der Waals surface area contributed by atoms with Gasteiger partial charge in [-0.1, -0.05) is 12.1 Å². The fourth-order valence-corrected chi connectivity index (χ4v) is 2.65. The van der Waals surface area contributed by atoms with Crippen LogP contribution in [0.5, 0.6) is 0 Å². The molecule has 0 amide bonds. The van der Waals surface area contributed by atoms with Gasteiger partial charge in [0.25, 0.3) is 0 Å². The summed E-state index contributed by atoms with van der Waals surface area (Å²) in [5.74, 6) is 0. The molecule has 0 atom stereocenters. The van der Waals surface area contributed by atoms with Crippen molar-refractivity contribution in [2.24, 2.45) is 0 Å². The quantitative estimate of drug-likeness (QED) is 0.927. The number of benzene rings is 1. The van der Waals surface area contributed by atoms with Gasteiger partial charge in [-0.25, -0.2) is 0 Å². The molecule has 1 aliphatic heterocycles. The number of rotatable bonds is 4. The van der Waals surface area contributed by atoms with E-state index in [1.165, 1.54) is 16.8 Å². The Morgan fingerprint density at radius 3 is 2.95 bits per heavy atom. The molecular formula is C16H22N4. The lowest BCUT2D eigenvalue weighted by atomic mass is 10.1. The zero-order valence-electron chi connectivity index (χ0n) is 12.4. The van der Waals surface area contributed by atoms with Gasteiger partial charge in [-0.15, -0.1) is 0 Å². The lowest BCUT2D eigenvalue weighted by molar-refractivity contribution is 0.532. The van der Waals surface area contributed by atoms with Gasteiger partial charge < -0.3 is 10.2 Å². The molecule has 0 unspecified atom stereocenters. The standard InChI is InChI=1S/C16H22N4/c1-12(2)20-11-15(10-18-20)17-9-13-4-5-16-14(8-13)6-7-19(16)3/h4-5,8,10-12,17H,6-7,9H2,1-3H3. The molecule has 1 aliphatic rings. The van der Waals surface area contributed by atoms with Gasteiger partial charge in [-0.3, -0.25) is 4.68 Å². The van der Waals surface area contributed by atoms with Crippen molar-refractivity contribution in [3.8, 4) is 0 Å². The van der Waals surface area contributed by atoms with E-state index in [1.54, 1.807) is 0 Å². The fourth-order valence-electron chi connectivity index (χ4n) is 2.65. The van der Waals surface area contributed by atoms with E-state index in [9.17, 15) is 0 Å². The van der Waals surface area contributed by atoms with E-state index in [1.807, 2.05) is 10.9 Å². The molecule has 0 radical (unpaired) electrons. The van der Waals surface area contributed by atoms with Crippen LogP contribution in [0.1, 0.15) is 31.0 Å². The number of nitrogens with one attached hydrogen (secondary N) is 1. The van der Waals surface area contributed by atoms with Gasteiger partial charge in [0.2, 0.25) is 0 Å². The molecule has 0 saturated carbocycles. The predicted octanol–water partition coefficient (Wildman–Crippen LogP) is 3.07. The number of hydrogen-bond acceptors (Lipinski definition) is 3. The molecule has 0 fully saturated rings. The molecule has 2 heterocycles. The highest BCUT2D eigenvalue weighted by Crippen LogP contribution is 2.27. The molecular weight excluding hydrogens is 248 g/mol. The smallest absolute Gasteiger partial charge is 0.0729 e. The van der Waals surface area contributed by atoms with Crippen LogP contribution in [0, 0.1) is 0 Å². The highest BCUT2D eigenvalue weighted by Gasteiger charge is 2.15. The number of hydrogen-bond donors (Lipinski definition) is 1. The Bertz CT molecular complexity index is 600. The zero-order valence-corrected chi connectivity index (χ0v) is 12.4. The van der Waals surface area contributed by atoms with Crippen molar-refractivity contribution in [3.63, 3.8) is 0 Å². The summed E-state index contributed by atoms with van der Waals surface area (Å²) in [6, 6.07) is 7.16. The van der Waals surface area contributed by atoms with E-state index in [2.05, 4.69) is 60.6 Å². The Balaban J connectivity index is 1.66. The first-order valence-electron chi connectivity index (χ1n) is 7.24. The maximum Gasteiger partial charge on any atom is 0.0729 e. The third kappa shape index (κ3) is 2.50. The second-order valence-corrected chi connectivity index (χ2v) is 5.79. The number of nitrogens with zero attached hydrogens (tertiary/aromatic N) is 3. The Hall–Kier alpha value is -1.97. The molecule has 1 N–H and O–H groups in total. The van der Waals surface area contributed by atoms with Crippen molar-refractivity contribution < 1.29 is 0 Å². The second kappa shape index (κ2) is 5.19. The van der Waals surface area contributed by atoms with E-state index in [-0.39, 0.29) is 0 Å². The summed E-state index contributed by atoms with van der Waals surface area (Å²) < 4.78 is 1.97. The maximum atomic E-state index is 4.34. The summed E-state index contributed by atoms with van der Waals surface area (Å²) in [5, 5.41) is 7.78. The maximum absolute atomic E-state index is 4.34. The zero-order chi connectivity index (χ0) is 14.1. The summed E-state index contributed by atoms with van der Waals surface area (Å²) in [6.07, 6.45) is 5.11. The molecule has 20 heavy (non-hydrogen) atoms. The van der Waals surface area contributed by atoms with Crippen molar-refractivity contribution in [2.45, 2.75) is 32.9 Å². The van der Waals surface area contributed by atoms with Crippen molar-refractivity contribution in [2.75, 3.05) is 23.8 Å². The second-order valence-electron chi connectivity index (χ2n) is 5.79.